The van der Waals surface area contributed by atoms with Crippen molar-refractivity contribution >= 4 is 11.3 Å². The highest BCUT2D eigenvalue weighted by atomic mass is 32.1. The third kappa shape index (κ3) is 2.62. The highest BCUT2D eigenvalue weighted by Gasteiger charge is 2.08. The Morgan fingerprint density at radius 1 is 1.47 bits per heavy atom. The number of aliphatic hydroxyl groups excluding tert-OH is 1. The van der Waals surface area contributed by atoms with E-state index < -0.39 is 5.82 Å². The molecule has 0 unspecified atom stereocenters. The molecule has 1 aromatic heterocycles. The lowest BCUT2D eigenvalue weighted by molar-refractivity contribution is 0.281. The Morgan fingerprint density at radius 2 is 2.29 bits per heavy atom. The van der Waals surface area contributed by atoms with Gasteiger partial charge in [-0.05, 0) is 25.1 Å². The minimum atomic E-state index is -0.400. The summed E-state index contributed by atoms with van der Waals surface area (Å²) in [6, 6.07) is 4.73. The van der Waals surface area contributed by atoms with Crippen molar-refractivity contribution in [1.29, 1.82) is 0 Å². The topological polar surface area (TPSA) is 42.4 Å². The summed E-state index contributed by atoms with van der Waals surface area (Å²) in [5, 5.41) is 11.3. The molecule has 1 aromatic carbocycles. The molecule has 0 saturated carbocycles. The van der Waals surface area contributed by atoms with E-state index in [9.17, 15) is 4.39 Å². The summed E-state index contributed by atoms with van der Waals surface area (Å²) in [4.78, 5) is 4.18. The standard InChI is InChI=1S/C12H12FNO2S/c1-2-16-11-4-3-8(5-9(11)13)10-7-17-12(6-15)14-10/h3-5,7,15H,2,6H2,1H3. The molecule has 2 rings (SSSR count). The molecule has 1 N–H and O–H groups in total. The number of benzene rings is 1. The molecule has 2 aromatic rings. The van der Waals surface area contributed by atoms with Crippen LogP contribution in [0.5, 0.6) is 5.75 Å². The molecule has 0 saturated heterocycles. The Labute approximate surface area is 103 Å². The molecule has 5 heteroatoms. The van der Waals surface area contributed by atoms with Crippen molar-refractivity contribution in [2.45, 2.75) is 13.5 Å². The first-order valence-corrected chi connectivity index (χ1v) is 6.10. The van der Waals surface area contributed by atoms with Gasteiger partial charge in [-0.3, -0.25) is 0 Å². The van der Waals surface area contributed by atoms with Gasteiger partial charge in [0.2, 0.25) is 0 Å². The molecule has 0 radical (unpaired) electrons. The van der Waals surface area contributed by atoms with Crippen LogP contribution in [0.2, 0.25) is 0 Å². The van der Waals surface area contributed by atoms with Crippen LogP contribution in [-0.2, 0) is 6.61 Å². The fourth-order valence-corrected chi connectivity index (χ4v) is 2.11. The fourth-order valence-electron chi connectivity index (χ4n) is 1.45. The van der Waals surface area contributed by atoms with E-state index in [1.165, 1.54) is 17.4 Å². The highest BCUT2D eigenvalue weighted by Crippen LogP contribution is 2.26. The van der Waals surface area contributed by atoms with E-state index in [4.69, 9.17) is 9.84 Å². The number of thiazole rings is 1. The second-order valence-corrected chi connectivity index (χ2v) is 4.31. The maximum absolute atomic E-state index is 13.6. The summed E-state index contributed by atoms with van der Waals surface area (Å²) in [5.41, 5.74) is 1.35. The lowest BCUT2D eigenvalue weighted by Crippen LogP contribution is -1.94. The smallest absolute Gasteiger partial charge is 0.165 e. The van der Waals surface area contributed by atoms with Gasteiger partial charge in [0.15, 0.2) is 11.6 Å². The average molecular weight is 253 g/mol. The van der Waals surface area contributed by atoms with Gasteiger partial charge < -0.3 is 9.84 Å². The van der Waals surface area contributed by atoms with Crippen molar-refractivity contribution in [3.8, 4) is 17.0 Å². The van der Waals surface area contributed by atoms with Gasteiger partial charge in [0, 0.05) is 10.9 Å². The first-order valence-electron chi connectivity index (χ1n) is 5.22. The highest BCUT2D eigenvalue weighted by molar-refractivity contribution is 7.09. The van der Waals surface area contributed by atoms with Gasteiger partial charge in [0.25, 0.3) is 0 Å². The molecule has 0 atom stereocenters. The van der Waals surface area contributed by atoms with Crippen LogP contribution in [0, 0.1) is 5.82 Å². The number of aliphatic hydroxyl groups is 1. The van der Waals surface area contributed by atoms with E-state index in [1.54, 1.807) is 24.4 Å². The van der Waals surface area contributed by atoms with E-state index in [2.05, 4.69) is 4.98 Å². The van der Waals surface area contributed by atoms with Crippen LogP contribution >= 0.6 is 11.3 Å². The monoisotopic (exact) mass is 253 g/mol. The normalized spacial score (nSPS) is 10.5. The van der Waals surface area contributed by atoms with Crippen LogP contribution in [0.1, 0.15) is 11.9 Å². The Morgan fingerprint density at radius 3 is 2.88 bits per heavy atom. The first-order chi connectivity index (χ1) is 8.24. The lowest BCUT2D eigenvalue weighted by Gasteiger charge is -2.05. The summed E-state index contributed by atoms with van der Waals surface area (Å²) in [7, 11) is 0. The van der Waals surface area contributed by atoms with Crippen LogP contribution in [0.15, 0.2) is 23.6 Å². The largest absolute Gasteiger partial charge is 0.491 e. The summed E-state index contributed by atoms with van der Waals surface area (Å²) < 4.78 is 18.7. The number of nitrogens with zero attached hydrogens (tertiary/aromatic N) is 1. The molecule has 1 heterocycles. The van der Waals surface area contributed by atoms with E-state index in [0.717, 1.165) is 0 Å². The molecule has 0 aliphatic rings. The van der Waals surface area contributed by atoms with Gasteiger partial charge >= 0.3 is 0 Å². The lowest BCUT2D eigenvalue weighted by atomic mass is 10.1. The minimum Gasteiger partial charge on any atom is -0.491 e. The van der Waals surface area contributed by atoms with Crippen molar-refractivity contribution in [3.63, 3.8) is 0 Å². The number of halogens is 1. The Balaban J connectivity index is 2.30. The molecule has 3 nitrogen and oxygen atoms in total. The van der Waals surface area contributed by atoms with Gasteiger partial charge in [-0.1, -0.05) is 0 Å². The van der Waals surface area contributed by atoms with Gasteiger partial charge in [-0.2, -0.15) is 0 Å². The third-order valence-electron chi connectivity index (χ3n) is 2.21. The Bertz CT molecular complexity index is 513. The van der Waals surface area contributed by atoms with Gasteiger partial charge in [-0.15, -0.1) is 11.3 Å². The first kappa shape index (κ1) is 12.0. The second-order valence-electron chi connectivity index (χ2n) is 3.36. The van der Waals surface area contributed by atoms with E-state index >= 15 is 0 Å². The van der Waals surface area contributed by atoms with E-state index in [1.807, 2.05) is 0 Å². The van der Waals surface area contributed by atoms with Gasteiger partial charge in [-0.25, -0.2) is 9.37 Å². The van der Waals surface area contributed by atoms with E-state index in [0.29, 0.717) is 22.9 Å². The summed E-state index contributed by atoms with van der Waals surface area (Å²) >= 11 is 1.35. The zero-order valence-electron chi connectivity index (χ0n) is 9.31. The molecule has 0 aliphatic carbocycles. The van der Waals surface area contributed by atoms with Crippen LogP contribution in [-0.4, -0.2) is 16.7 Å². The zero-order chi connectivity index (χ0) is 12.3. The Hall–Kier alpha value is -1.46. The molecule has 0 spiro atoms. The van der Waals surface area contributed by atoms with Crippen molar-refractivity contribution in [3.05, 3.63) is 34.4 Å². The quantitative estimate of drug-likeness (QED) is 0.911. The minimum absolute atomic E-state index is 0.0931. The van der Waals surface area contributed by atoms with Crippen LogP contribution in [0.4, 0.5) is 4.39 Å². The molecular weight excluding hydrogens is 241 g/mol. The van der Waals surface area contributed by atoms with Gasteiger partial charge in [0.05, 0.1) is 18.9 Å². The number of rotatable bonds is 4. The van der Waals surface area contributed by atoms with Crippen molar-refractivity contribution in [2.24, 2.45) is 0 Å². The molecule has 0 aliphatic heterocycles. The van der Waals surface area contributed by atoms with Crippen LogP contribution in [0.25, 0.3) is 11.3 Å². The van der Waals surface area contributed by atoms with Crippen molar-refractivity contribution in [1.82, 2.24) is 4.98 Å². The Kier molecular flexibility index (Phi) is 3.71. The van der Waals surface area contributed by atoms with Gasteiger partial charge in [0.1, 0.15) is 5.01 Å². The predicted molar refractivity (Wildman–Crippen MR) is 64.6 cm³/mol. The molecule has 0 bridgehead atoms. The second kappa shape index (κ2) is 5.25. The molecular formula is C12H12FNO2S. The van der Waals surface area contributed by atoms with Crippen molar-refractivity contribution < 1.29 is 14.2 Å². The molecule has 0 fully saturated rings. The third-order valence-corrected chi connectivity index (χ3v) is 3.05. The van der Waals surface area contributed by atoms with Crippen LogP contribution in [0.3, 0.4) is 0 Å². The number of ether oxygens (including phenoxy) is 1. The zero-order valence-corrected chi connectivity index (χ0v) is 10.1. The van der Waals surface area contributed by atoms with Crippen molar-refractivity contribution in [2.75, 3.05) is 6.61 Å². The predicted octanol–water partition coefficient (Wildman–Crippen LogP) is 2.84. The summed E-state index contributed by atoms with van der Waals surface area (Å²) in [6.45, 7) is 2.15. The number of aromatic nitrogens is 1. The molecule has 17 heavy (non-hydrogen) atoms. The summed E-state index contributed by atoms with van der Waals surface area (Å²) in [6.07, 6.45) is 0. The summed E-state index contributed by atoms with van der Waals surface area (Å²) in [5.74, 6) is -0.156. The maximum atomic E-state index is 13.6. The number of hydrogen-bond donors (Lipinski definition) is 1. The van der Waals surface area contributed by atoms with E-state index in [-0.39, 0.29) is 12.4 Å². The SMILES string of the molecule is CCOc1ccc(-c2csc(CO)n2)cc1F. The molecule has 0 amide bonds. The van der Waals surface area contributed by atoms with Crippen LogP contribution < -0.4 is 4.74 Å². The number of hydrogen-bond acceptors (Lipinski definition) is 4. The fraction of sp³-hybridized carbons (Fsp3) is 0.250. The maximum Gasteiger partial charge on any atom is 0.165 e. The average Bonchev–Trinajstić information content (AvgIpc) is 2.80. The molecule has 90 valence electrons.